The Morgan fingerprint density at radius 1 is 1.20 bits per heavy atom. The first-order valence-corrected chi connectivity index (χ1v) is 12.1. The molecule has 3 N–H and O–H groups in total. The third kappa shape index (κ3) is 5.87. The third-order valence-corrected chi connectivity index (χ3v) is 6.40. The van der Waals surface area contributed by atoms with Gasteiger partial charge in [-0.2, -0.15) is 0 Å². The summed E-state index contributed by atoms with van der Waals surface area (Å²) >= 11 is 0. The van der Waals surface area contributed by atoms with E-state index < -0.39 is 0 Å². The summed E-state index contributed by atoms with van der Waals surface area (Å²) in [5.41, 5.74) is 5.07. The number of anilines is 1. The van der Waals surface area contributed by atoms with Gasteiger partial charge in [-0.3, -0.25) is 9.78 Å². The van der Waals surface area contributed by atoms with Crippen LogP contribution in [-0.2, 0) is 6.42 Å². The van der Waals surface area contributed by atoms with Crippen molar-refractivity contribution in [2.75, 3.05) is 32.5 Å². The van der Waals surface area contributed by atoms with Gasteiger partial charge in [0, 0.05) is 66.6 Å². The van der Waals surface area contributed by atoms with Crippen molar-refractivity contribution in [3.8, 4) is 22.8 Å². The number of amides is 1. The number of nitrogens with zero attached hydrogens (tertiary/aromatic N) is 2. The number of carbonyl (C=O) groups is 1. The van der Waals surface area contributed by atoms with Crippen molar-refractivity contribution in [1.82, 2.24) is 15.2 Å². The summed E-state index contributed by atoms with van der Waals surface area (Å²) in [6.07, 6.45) is 5.91. The van der Waals surface area contributed by atoms with Crippen molar-refractivity contribution in [2.24, 2.45) is 0 Å². The van der Waals surface area contributed by atoms with E-state index in [-0.39, 0.29) is 11.9 Å². The Labute approximate surface area is 207 Å². The minimum atomic E-state index is -0.00699. The van der Waals surface area contributed by atoms with Crippen LogP contribution in [0.2, 0.25) is 0 Å². The number of pyridine rings is 1. The number of nitrogens with one attached hydrogen (secondary N) is 3. The standard InChI is InChI=1S/C28H33N5O2/c1-4-19-14-20(8-10-25(19)28(34)32-22-6-5-13-33(3)18-22)27-16-24(11-12-31-27)35-23-9-7-21(17-29)26(15-23)30-2/h7-12,14-17,22,29-30H,4-6,13,18H2,1-3H3,(H,32,34)/t22-/m1/s1. The third-order valence-electron chi connectivity index (χ3n) is 6.40. The number of carbonyl (C=O) groups excluding carboxylic acids is 1. The summed E-state index contributed by atoms with van der Waals surface area (Å²) < 4.78 is 6.07. The summed E-state index contributed by atoms with van der Waals surface area (Å²) in [6.45, 7) is 4.04. The lowest BCUT2D eigenvalue weighted by molar-refractivity contribution is 0.0911. The summed E-state index contributed by atoms with van der Waals surface area (Å²) in [6, 6.07) is 15.4. The first kappa shape index (κ1) is 24.4. The van der Waals surface area contributed by atoms with Gasteiger partial charge in [0.25, 0.3) is 5.91 Å². The second kappa shape index (κ2) is 11.1. The molecule has 1 aliphatic heterocycles. The lowest BCUT2D eigenvalue weighted by Gasteiger charge is -2.30. The highest BCUT2D eigenvalue weighted by Crippen LogP contribution is 2.29. The van der Waals surface area contributed by atoms with E-state index in [0.717, 1.165) is 66.0 Å². The van der Waals surface area contributed by atoms with Crippen LogP contribution in [0.1, 0.15) is 41.3 Å². The van der Waals surface area contributed by atoms with Gasteiger partial charge in [0.2, 0.25) is 0 Å². The minimum Gasteiger partial charge on any atom is -0.457 e. The molecule has 0 saturated carbocycles. The first-order chi connectivity index (χ1) is 17.0. The van der Waals surface area contributed by atoms with Crippen molar-refractivity contribution >= 4 is 17.8 Å². The van der Waals surface area contributed by atoms with Crippen molar-refractivity contribution < 1.29 is 9.53 Å². The molecule has 1 amide bonds. The molecule has 7 heteroatoms. The number of rotatable bonds is 8. The molecule has 3 aromatic rings. The Hall–Kier alpha value is -3.71. The number of piperidine rings is 1. The van der Waals surface area contributed by atoms with Crippen molar-refractivity contribution in [3.05, 3.63) is 71.4 Å². The molecule has 1 aromatic heterocycles. The van der Waals surface area contributed by atoms with Crippen LogP contribution in [0.3, 0.4) is 0 Å². The fourth-order valence-electron chi connectivity index (χ4n) is 4.52. The molecule has 1 fully saturated rings. The lowest BCUT2D eigenvalue weighted by Crippen LogP contribution is -2.46. The molecule has 4 rings (SSSR count). The van der Waals surface area contributed by atoms with Crippen LogP contribution in [0.4, 0.5) is 5.69 Å². The number of aromatic nitrogens is 1. The second-order valence-corrected chi connectivity index (χ2v) is 8.92. The molecular weight excluding hydrogens is 438 g/mol. The zero-order valence-corrected chi connectivity index (χ0v) is 20.6. The van der Waals surface area contributed by atoms with Gasteiger partial charge in [-0.05, 0) is 68.8 Å². The van der Waals surface area contributed by atoms with Crippen LogP contribution in [0.25, 0.3) is 11.3 Å². The minimum absolute atomic E-state index is 0.00699. The molecule has 2 aromatic carbocycles. The lowest BCUT2D eigenvalue weighted by atomic mass is 9.98. The van der Waals surface area contributed by atoms with Gasteiger partial charge in [-0.1, -0.05) is 13.0 Å². The number of ether oxygens (including phenoxy) is 1. The molecule has 1 aliphatic rings. The number of benzene rings is 2. The average molecular weight is 472 g/mol. The van der Waals surface area contributed by atoms with Crippen LogP contribution < -0.4 is 15.4 Å². The Morgan fingerprint density at radius 3 is 2.77 bits per heavy atom. The van der Waals surface area contributed by atoms with Gasteiger partial charge in [-0.15, -0.1) is 0 Å². The number of hydrogen-bond donors (Lipinski definition) is 3. The topological polar surface area (TPSA) is 90.3 Å². The van der Waals surface area contributed by atoms with E-state index in [1.807, 2.05) is 55.6 Å². The monoisotopic (exact) mass is 471 g/mol. The Morgan fingerprint density at radius 2 is 2.03 bits per heavy atom. The average Bonchev–Trinajstić information content (AvgIpc) is 2.88. The van der Waals surface area contributed by atoms with Crippen LogP contribution in [0.5, 0.6) is 11.5 Å². The molecule has 2 heterocycles. The fraction of sp³-hybridized carbons (Fsp3) is 0.321. The first-order valence-electron chi connectivity index (χ1n) is 12.1. The molecule has 0 aliphatic carbocycles. The maximum absolute atomic E-state index is 13.0. The molecular formula is C28H33N5O2. The zero-order valence-electron chi connectivity index (χ0n) is 20.6. The highest BCUT2D eigenvalue weighted by Gasteiger charge is 2.21. The van der Waals surface area contributed by atoms with E-state index in [4.69, 9.17) is 10.1 Å². The summed E-state index contributed by atoms with van der Waals surface area (Å²) in [5, 5.41) is 13.8. The quantitative estimate of drug-likeness (QED) is 0.404. The smallest absolute Gasteiger partial charge is 0.251 e. The van der Waals surface area contributed by atoms with Gasteiger partial charge in [0.1, 0.15) is 11.5 Å². The van der Waals surface area contributed by atoms with Crippen LogP contribution in [0, 0.1) is 5.41 Å². The number of likely N-dealkylation sites (tertiary alicyclic amines) is 1. The number of aryl methyl sites for hydroxylation is 1. The molecule has 0 unspecified atom stereocenters. The zero-order chi connectivity index (χ0) is 24.8. The van der Waals surface area contributed by atoms with Crippen molar-refractivity contribution in [2.45, 2.75) is 32.2 Å². The highest BCUT2D eigenvalue weighted by atomic mass is 16.5. The summed E-state index contributed by atoms with van der Waals surface area (Å²) in [7, 11) is 3.92. The van der Waals surface area contributed by atoms with Gasteiger partial charge in [0.15, 0.2) is 0 Å². The van der Waals surface area contributed by atoms with E-state index in [0.29, 0.717) is 11.5 Å². The number of hydrogen-bond acceptors (Lipinski definition) is 6. The number of likely N-dealkylation sites (N-methyl/N-ethyl adjacent to an activating group) is 1. The maximum atomic E-state index is 13.0. The molecule has 35 heavy (non-hydrogen) atoms. The van der Waals surface area contributed by atoms with Crippen molar-refractivity contribution in [1.29, 1.82) is 5.41 Å². The predicted octanol–water partition coefficient (Wildman–Crippen LogP) is 4.97. The Bertz CT molecular complexity index is 1210. The van der Waals surface area contributed by atoms with Crippen molar-refractivity contribution in [3.63, 3.8) is 0 Å². The van der Waals surface area contributed by atoms with E-state index in [1.54, 1.807) is 6.20 Å². The highest BCUT2D eigenvalue weighted by molar-refractivity contribution is 5.96. The fourth-order valence-corrected chi connectivity index (χ4v) is 4.52. The summed E-state index contributed by atoms with van der Waals surface area (Å²) in [5.74, 6) is 1.33. The SMILES string of the molecule is CCc1cc(-c2cc(Oc3ccc(C=N)c(NC)c3)ccn2)ccc1C(=O)N[C@@H]1CCCN(C)C1. The molecule has 7 nitrogen and oxygen atoms in total. The van der Waals surface area contributed by atoms with Crippen LogP contribution in [-0.4, -0.2) is 55.2 Å². The predicted molar refractivity (Wildman–Crippen MR) is 141 cm³/mol. The van der Waals surface area contributed by atoms with Crippen LogP contribution >= 0.6 is 0 Å². The van der Waals surface area contributed by atoms with E-state index in [9.17, 15) is 4.79 Å². The largest absolute Gasteiger partial charge is 0.457 e. The van der Waals surface area contributed by atoms with Gasteiger partial charge in [-0.25, -0.2) is 0 Å². The van der Waals surface area contributed by atoms with Crippen LogP contribution in [0.15, 0.2) is 54.7 Å². The molecule has 1 saturated heterocycles. The molecule has 0 spiro atoms. The van der Waals surface area contributed by atoms with Gasteiger partial charge < -0.3 is 25.7 Å². The summed E-state index contributed by atoms with van der Waals surface area (Å²) in [4.78, 5) is 19.8. The molecule has 1 atom stereocenters. The Kier molecular flexibility index (Phi) is 7.77. The molecule has 182 valence electrons. The molecule has 0 bridgehead atoms. The van der Waals surface area contributed by atoms with E-state index in [1.165, 1.54) is 6.21 Å². The normalized spacial score (nSPS) is 15.9. The molecule has 0 radical (unpaired) electrons. The van der Waals surface area contributed by atoms with E-state index in [2.05, 4.69) is 34.5 Å². The maximum Gasteiger partial charge on any atom is 0.251 e. The van der Waals surface area contributed by atoms with E-state index >= 15 is 0 Å². The second-order valence-electron chi connectivity index (χ2n) is 8.92. The van der Waals surface area contributed by atoms with Gasteiger partial charge >= 0.3 is 0 Å². The Balaban J connectivity index is 1.53. The van der Waals surface area contributed by atoms with Gasteiger partial charge in [0.05, 0.1) is 5.69 Å².